The molecular weight excluding hydrogens is 263 g/mol. The molecule has 20 heavy (non-hydrogen) atoms. The molecule has 3 rings (SSSR count). The van der Waals surface area contributed by atoms with Crippen molar-refractivity contribution in [2.45, 2.75) is 12.5 Å². The van der Waals surface area contributed by atoms with Gasteiger partial charge < -0.3 is 9.84 Å². The molecule has 0 bridgehead atoms. The number of hydrogen-bond acceptors (Lipinski definition) is 5. The number of rotatable bonds is 3. The standard InChI is InChI=1S/C13H13FN4O2/c14-9-3-1-2-8(4-9)5-11-17-13(20-18-11)10-6-16-12(19)7-15-10/h1-4,10,15H,5-7H2,(H,16,19). The number of aromatic nitrogens is 2. The fourth-order valence-electron chi connectivity index (χ4n) is 2.05. The summed E-state index contributed by atoms with van der Waals surface area (Å²) in [5.41, 5.74) is 0.780. The smallest absolute Gasteiger partial charge is 0.245 e. The number of hydrogen-bond donors (Lipinski definition) is 2. The summed E-state index contributed by atoms with van der Waals surface area (Å²) in [6.07, 6.45) is 0.403. The van der Waals surface area contributed by atoms with Crippen LogP contribution in [0.25, 0.3) is 0 Å². The summed E-state index contributed by atoms with van der Waals surface area (Å²) in [4.78, 5) is 15.3. The van der Waals surface area contributed by atoms with Gasteiger partial charge in [0.1, 0.15) is 11.9 Å². The van der Waals surface area contributed by atoms with Gasteiger partial charge in [-0.1, -0.05) is 17.3 Å². The maximum Gasteiger partial charge on any atom is 0.245 e. The summed E-state index contributed by atoms with van der Waals surface area (Å²) in [5.74, 6) is 0.573. The lowest BCUT2D eigenvalue weighted by Crippen LogP contribution is -2.47. The average Bonchev–Trinajstić information content (AvgIpc) is 2.88. The third-order valence-corrected chi connectivity index (χ3v) is 3.05. The van der Waals surface area contributed by atoms with Gasteiger partial charge >= 0.3 is 0 Å². The van der Waals surface area contributed by atoms with Gasteiger partial charge in [0.15, 0.2) is 5.82 Å². The summed E-state index contributed by atoms with van der Waals surface area (Å²) in [6.45, 7) is 0.646. The molecule has 2 N–H and O–H groups in total. The molecule has 6 nitrogen and oxygen atoms in total. The van der Waals surface area contributed by atoms with Crippen molar-refractivity contribution >= 4 is 5.91 Å². The van der Waals surface area contributed by atoms with Crippen molar-refractivity contribution in [1.29, 1.82) is 0 Å². The number of carbonyl (C=O) groups excluding carboxylic acids is 1. The molecule has 1 saturated heterocycles. The van der Waals surface area contributed by atoms with Gasteiger partial charge in [-0.25, -0.2) is 4.39 Å². The first kappa shape index (κ1) is 12.7. The van der Waals surface area contributed by atoms with Crippen molar-refractivity contribution in [1.82, 2.24) is 20.8 Å². The molecule has 1 aromatic carbocycles. The number of halogens is 1. The summed E-state index contributed by atoms with van der Waals surface area (Å²) in [7, 11) is 0. The first-order valence-corrected chi connectivity index (χ1v) is 6.28. The van der Waals surface area contributed by atoms with Crippen LogP contribution in [0.5, 0.6) is 0 Å². The van der Waals surface area contributed by atoms with E-state index < -0.39 is 0 Å². The minimum atomic E-state index is -0.289. The molecule has 0 saturated carbocycles. The summed E-state index contributed by atoms with van der Waals surface area (Å²) < 4.78 is 18.3. The number of nitrogens with zero attached hydrogens (tertiary/aromatic N) is 2. The Morgan fingerprint density at radius 2 is 2.35 bits per heavy atom. The molecule has 7 heteroatoms. The highest BCUT2D eigenvalue weighted by atomic mass is 19.1. The van der Waals surface area contributed by atoms with Crippen LogP contribution < -0.4 is 10.6 Å². The average molecular weight is 276 g/mol. The van der Waals surface area contributed by atoms with Gasteiger partial charge in [-0.05, 0) is 17.7 Å². The van der Waals surface area contributed by atoms with Crippen LogP contribution in [0.3, 0.4) is 0 Å². The number of nitrogens with one attached hydrogen (secondary N) is 2. The number of piperazine rings is 1. The van der Waals surface area contributed by atoms with Crippen LogP contribution in [0.4, 0.5) is 4.39 Å². The van der Waals surface area contributed by atoms with Crippen molar-refractivity contribution in [3.63, 3.8) is 0 Å². The first-order chi connectivity index (χ1) is 9.70. The molecule has 2 aromatic rings. The van der Waals surface area contributed by atoms with Crippen molar-refractivity contribution in [3.8, 4) is 0 Å². The second-order valence-electron chi connectivity index (χ2n) is 4.59. The molecule has 1 atom stereocenters. The molecule has 0 aliphatic carbocycles. The van der Waals surface area contributed by atoms with Crippen LogP contribution in [-0.2, 0) is 11.2 Å². The van der Waals surface area contributed by atoms with E-state index in [9.17, 15) is 9.18 Å². The Kier molecular flexibility index (Phi) is 3.42. The Labute approximate surface area is 114 Å². The van der Waals surface area contributed by atoms with E-state index in [0.717, 1.165) is 5.56 Å². The van der Waals surface area contributed by atoms with Crippen molar-refractivity contribution in [3.05, 3.63) is 47.4 Å². The third kappa shape index (κ3) is 2.83. The molecule has 0 spiro atoms. The molecule has 2 heterocycles. The third-order valence-electron chi connectivity index (χ3n) is 3.05. The number of amides is 1. The maximum absolute atomic E-state index is 13.1. The highest BCUT2D eigenvalue weighted by Gasteiger charge is 2.23. The van der Waals surface area contributed by atoms with Gasteiger partial charge in [0, 0.05) is 13.0 Å². The Morgan fingerprint density at radius 3 is 3.10 bits per heavy atom. The van der Waals surface area contributed by atoms with E-state index in [1.165, 1.54) is 12.1 Å². The summed E-state index contributed by atoms with van der Waals surface area (Å²) in [6, 6.07) is 6.10. The second kappa shape index (κ2) is 5.38. The Balaban J connectivity index is 1.69. The van der Waals surface area contributed by atoms with Gasteiger partial charge in [-0.3, -0.25) is 10.1 Å². The van der Waals surface area contributed by atoms with E-state index in [1.807, 2.05) is 0 Å². The summed E-state index contributed by atoms with van der Waals surface area (Å²) >= 11 is 0. The molecule has 1 aromatic heterocycles. The van der Waals surface area contributed by atoms with Gasteiger partial charge in [0.05, 0.1) is 6.54 Å². The van der Waals surface area contributed by atoms with Gasteiger partial charge in [0.2, 0.25) is 11.8 Å². The number of carbonyl (C=O) groups is 1. The van der Waals surface area contributed by atoms with Gasteiger partial charge in [-0.15, -0.1) is 0 Å². The van der Waals surface area contributed by atoms with E-state index in [0.29, 0.717) is 24.7 Å². The zero-order chi connectivity index (χ0) is 13.9. The van der Waals surface area contributed by atoms with Crippen LogP contribution in [0.1, 0.15) is 23.3 Å². The van der Waals surface area contributed by atoms with E-state index in [-0.39, 0.29) is 24.3 Å². The molecule has 1 aliphatic heterocycles. The van der Waals surface area contributed by atoms with Crippen molar-refractivity contribution < 1.29 is 13.7 Å². The molecule has 104 valence electrons. The lowest BCUT2D eigenvalue weighted by atomic mass is 10.1. The van der Waals surface area contributed by atoms with Crippen molar-refractivity contribution in [2.75, 3.05) is 13.1 Å². The Bertz CT molecular complexity index is 618. The van der Waals surface area contributed by atoms with Crippen LogP contribution in [0.2, 0.25) is 0 Å². The Hall–Kier alpha value is -2.28. The van der Waals surface area contributed by atoms with E-state index in [1.54, 1.807) is 12.1 Å². The molecule has 0 radical (unpaired) electrons. The molecule has 1 amide bonds. The van der Waals surface area contributed by atoms with Crippen LogP contribution in [-0.4, -0.2) is 29.1 Å². The zero-order valence-corrected chi connectivity index (χ0v) is 10.6. The van der Waals surface area contributed by atoms with Crippen LogP contribution in [0, 0.1) is 5.82 Å². The lowest BCUT2D eigenvalue weighted by molar-refractivity contribution is -0.121. The lowest BCUT2D eigenvalue weighted by Gasteiger charge is -2.20. The molecule has 1 unspecified atom stereocenters. The van der Waals surface area contributed by atoms with Gasteiger partial charge in [0.25, 0.3) is 0 Å². The maximum atomic E-state index is 13.1. The zero-order valence-electron chi connectivity index (χ0n) is 10.6. The minimum Gasteiger partial charge on any atom is -0.353 e. The molecular formula is C13H13FN4O2. The molecule has 1 aliphatic rings. The van der Waals surface area contributed by atoms with Crippen LogP contribution in [0.15, 0.2) is 28.8 Å². The first-order valence-electron chi connectivity index (χ1n) is 6.28. The number of benzene rings is 1. The summed E-state index contributed by atoms with van der Waals surface area (Å²) in [5, 5.41) is 9.60. The molecule has 1 fully saturated rings. The highest BCUT2D eigenvalue weighted by Crippen LogP contribution is 2.14. The van der Waals surface area contributed by atoms with E-state index in [2.05, 4.69) is 20.8 Å². The predicted molar refractivity (Wildman–Crippen MR) is 67.3 cm³/mol. The largest absolute Gasteiger partial charge is 0.353 e. The van der Waals surface area contributed by atoms with Gasteiger partial charge in [-0.2, -0.15) is 4.98 Å². The highest BCUT2D eigenvalue weighted by molar-refractivity contribution is 5.78. The normalized spacial score (nSPS) is 18.9. The van der Waals surface area contributed by atoms with Crippen molar-refractivity contribution in [2.24, 2.45) is 0 Å². The van der Waals surface area contributed by atoms with E-state index >= 15 is 0 Å². The SMILES string of the molecule is O=C1CNC(c2nc(Cc3cccc(F)c3)no2)CN1. The minimum absolute atomic E-state index is 0.0549. The predicted octanol–water partition coefficient (Wildman–Crippen LogP) is 0.560. The monoisotopic (exact) mass is 276 g/mol. The van der Waals surface area contributed by atoms with Crippen LogP contribution >= 0.6 is 0 Å². The quantitative estimate of drug-likeness (QED) is 0.856. The topological polar surface area (TPSA) is 80.1 Å². The fourth-order valence-corrected chi connectivity index (χ4v) is 2.05. The van der Waals surface area contributed by atoms with E-state index in [4.69, 9.17) is 4.52 Å². The Morgan fingerprint density at radius 1 is 1.45 bits per heavy atom. The fraction of sp³-hybridized carbons (Fsp3) is 0.308. The second-order valence-corrected chi connectivity index (χ2v) is 4.59.